The molecule has 0 unspecified atom stereocenters. The number of carbonyl (C=O) groups is 6. The Morgan fingerprint density at radius 1 is 1.04 bits per heavy atom. The highest BCUT2D eigenvalue weighted by Crippen LogP contribution is 2.47. The van der Waals surface area contributed by atoms with Gasteiger partial charge in [-0.15, -0.1) is 23.1 Å². The van der Waals surface area contributed by atoms with Crippen LogP contribution in [0.5, 0.6) is 0 Å². The summed E-state index contributed by atoms with van der Waals surface area (Å²) in [5.74, 6) is -2.98. The zero-order valence-electron chi connectivity index (χ0n) is 41.4. The predicted molar refractivity (Wildman–Crippen MR) is 279 cm³/mol. The number of carbonyl (C=O) groups excluding carboxylic acids is 4. The van der Waals surface area contributed by atoms with Gasteiger partial charge in [-0.2, -0.15) is 0 Å². The van der Waals surface area contributed by atoms with Crippen molar-refractivity contribution in [1.29, 1.82) is 0 Å². The van der Waals surface area contributed by atoms with Gasteiger partial charge in [0.1, 0.15) is 39.7 Å². The monoisotopic (exact) mass is 1120 g/mol. The topological polar surface area (TPSA) is 370 Å². The first-order chi connectivity index (χ1) is 37.1. The standard InChI is InChI=1S/C21H31N5O2.C16H15N5O7S2.C9H7N7O2S/c27-18-16-21(6-1-2-7-21)17-19(28)26(18)11-4-3-10-24-12-14-25(15-13-24)20-22-8-5-9-23-20;1-2-6-4-29-14-10(13(25)21(14)11(6)15(26)27)19-12(24)9(20-28-3-8(22)23)7-5-30-16(17)18-7;1-15-4-14-7(16(17)18)9(15)19-8-5-6(11-2-10-5)12-3-13-8/h5,8-9H,1-4,6-7,10-17H2;2,5,10,14H,1,3-4H2,(H2,17,18)(H,19,24)(H,22,23)(H,26,27);2-4H,1H3,(H,10,11,12,13)/b;20-9-;/t;10-,14-;/m.1./s1. The van der Waals surface area contributed by atoms with Crippen LogP contribution in [0.4, 0.5) is 16.9 Å². The summed E-state index contributed by atoms with van der Waals surface area (Å²) in [7, 11) is 1.69. The number of imidazole rings is 2. The molecule has 5 aromatic rings. The van der Waals surface area contributed by atoms with E-state index in [0.717, 1.165) is 92.4 Å². The zero-order valence-corrected chi connectivity index (χ0v) is 43.9. The smallest absolute Gasteiger partial charge is 0.396 e. The van der Waals surface area contributed by atoms with Crippen LogP contribution in [0.1, 0.15) is 57.1 Å². The average molecular weight is 1120 g/mol. The molecule has 0 radical (unpaired) electrons. The fourth-order valence-corrected chi connectivity index (χ4v) is 12.1. The van der Waals surface area contributed by atoms with Gasteiger partial charge < -0.3 is 50.7 Å². The summed E-state index contributed by atoms with van der Waals surface area (Å²) in [6, 6.07) is 0.828. The third-order valence-corrected chi connectivity index (χ3v) is 16.3. The Morgan fingerprint density at radius 2 is 1.75 bits per heavy atom. The molecule has 4 fully saturated rings. The molecule has 2 atom stereocenters. The van der Waals surface area contributed by atoms with Crippen LogP contribution in [0, 0.1) is 15.5 Å². The quantitative estimate of drug-likeness (QED) is 0.0170. The number of H-pyrrole nitrogens is 1. The van der Waals surface area contributed by atoms with E-state index in [1.807, 2.05) is 6.07 Å². The minimum Gasteiger partial charge on any atom is -0.479 e. The number of allylic oxidation sites excluding steroid dienone is 1. The number of thiazole rings is 1. The molecule has 4 aliphatic heterocycles. The first-order valence-electron chi connectivity index (χ1n) is 24.1. The van der Waals surface area contributed by atoms with E-state index < -0.39 is 46.7 Å². The second-order valence-corrected chi connectivity index (χ2v) is 21.1. The Bertz CT molecular complexity index is 3080. The molecule has 4 amide bonds. The fraction of sp³-hybridized carbons (Fsp3) is 0.435. The number of aliphatic carboxylic acids is 2. The number of fused-ring (bicyclic) bond motifs is 2. The average Bonchev–Trinajstić information content (AvgIpc) is 4.29. The highest BCUT2D eigenvalue weighted by atomic mass is 32.2. The molecule has 3 saturated heterocycles. The molecular weight excluding hydrogens is 1060 g/mol. The van der Waals surface area contributed by atoms with Crippen molar-refractivity contribution in [3.63, 3.8) is 0 Å². The molecule has 406 valence electrons. The molecule has 1 spiro atoms. The number of imide groups is 1. The van der Waals surface area contributed by atoms with Crippen LogP contribution >= 0.6 is 34.9 Å². The van der Waals surface area contributed by atoms with Crippen LogP contribution in [0.25, 0.3) is 11.2 Å². The van der Waals surface area contributed by atoms with Gasteiger partial charge in [0.25, 0.3) is 11.8 Å². The SMILES string of the molecule is C=CC1=C(C(=O)O)N2C(=O)[C@@H](NC(=O)/C(=N\OCC(=O)O)c3csc(N)n3)[C@H]2SC1.Cn1cnc([N+](=O)[O-])c1Sc1ncnc2nc[nH]c12.O=C1CC2(CCCC2)CC(=O)N1CCCCN1CCN(c2ncccn2)CC1. The summed E-state index contributed by atoms with van der Waals surface area (Å²) >= 11 is 3.44. The number of hydrogen-bond acceptors (Lipinski definition) is 23. The normalized spacial score (nSPS) is 19.2. The number of unbranched alkanes of at least 4 members (excludes halogenated alkanes) is 1. The highest BCUT2D eigenvalue weighted by molar-refractivity contribution is 8.00. The van der Waals surface area contributed by atoms with E-state index in [2.05, 4.69) is 71.6 Å². The van der Waals surface area contributed by atoms with E-state index in [1.54, 1.807) is 24.0 Å². The van der Waals surface area contributed by atoms with Gasteiger partial charge in [-0.3, -0.25) is 33.9 Å². The number of hydrogen-bond donors (Lipinski definition) is 5. The van der Waals surface area contributed by atoms with Crippen LogP contribution in [0.3, 0.4) is 0 Å². The maximum absolute atomic E-state index is 12.7. The molecule has 5 aromatic heterocycles. The minimum atomic E-state index is -1.30. The predicted octanol–water partition coefficient (Wildman–Crippen LogP) is 2.69. The number of carboxylic acid groups (broad SMARTS) is 2. The zero-order chi connectivity index (χ0) is 54.8. The number of nitrogens with two attached hydrogens (primary N) is 1. The van der Waals surface area contributed by atoms with Crippen LogP contribution < -0.4 is 16.0 Å². The molecule has 28 nitrogen and oxygen atoms in total. The number of aryl methyl sites for hydroxylation is 1. The summed E-state index contributed by atoms with van der Waals surface area (Å²) in [6.45, 7) is 8.26. The van der Waals surface area contributed by atoms with Gasteiger partial charge in [0.05, 0.1) is 6.33 Å². The number of nitrogens with zero attached hydrogens (tertiary/aromatic N) is 14. The maximum atomic E-state index is 12.7. The molecule has 10 rings (SSSR count). The molecule has 5 aliphatic rings. The number of rotatable bonds is 17. The first kappa shape index (κ1) is 55.3. The second-order valence-electron chi connectivity index (χ2n) is 18.1. The number of piperidine rings is 1. The number of likely N-dealkylation sites (tertiary alicyclic amines) is 1. The number of amides is 4. The number of aromatic nitrogens is 9. The summed E-state index contributed by atoms with van der Waals surface area (Å²) in [6.07, 6.45) is 16.7. The number of oxime groups is 1. The largest absolute Gasteiger partial charge is 0.479 e. The first-order valence-corrected chi connectivity index (χ1v) is 26.8. The van der Waals surface area contributed by atoms with E-state index in [4.69, 9.17) is 10.8 Å². The van der Waals surface area contributed by atoms with Gasteiger partial charge in [-0.25, -0.2) is 39.5 Å². The Labute approximate surface area is 450 Å². The number of β-lactam (4-membered cyclic amide) rings is 1. The number of aromatic amines is 1. The van der Waals surface area contributed by atoms with Crippen molar-refractivity contribution in [2.45, 2.75) is 72.8 Å². The number of carboxylic acids is 2. The van der Waals surface area contributed by atoms with E-state index in [1.165, 1.54) is 59.9 Å². The van der Waals surface area contributed by atoms with Crippen molar-refractivity contribution >= 4 is 104 Å². The Kier molecular flexibility index (Phi) is 17.9. The summed E-state index contributed by atoms with van der Waals surface area (Å²) in [5, 5.41) is 36.9. The second kappa shape index (κ2) is 24.8. The van der Waals surface area contributed by atoms with Crippen molar-refractivity contribution in [2.24, 2.45) is 17.6 Å². The summed E-state index contributed by atoms with van der Waals surface area (Å²) < 4.78 is 1.58. The van der Waals surface area contributed by atoms with Crippen molar-refractivity contribution in [1.82, 2.24) is 64.5 Å². The van der Waals surface area contributed by atoms with Crippen LogP contribution in [-0.4, -0.2) is 179 Å². The van der Waals surface area contributed by atoms with E-state index >= 15 is 0 Å². The number of anilines is 2. The third-order valence-electron chi connectivity index (χ3n) is 13.1. The van der Waals surface area contributed by atoms with Crippen molar-refractivity contribution in [2.75, 3.05) is 62.3 Å². The van der Waals surface area contributed by atoms with Gasteiger partial charge >= 0.3 is 17.8 Å². The van der Waals surface area contributed by atoms with Gasteiger partial charge in [0.15, 0.2) is 21.5 Å². The lowest BCUT2D eigenvalue weighted by atomic mass is 9.76. The number of nitrogens with one attached hydrogen (secondary N) is 2. The molecule has 0 aromatic carbocycles. The van der Waals surface area contributed by atoms with Gasteiger partial charge in [-0.1, -0.05) is 30.7 Å². The number of thioether (sulfide) groups is 1. The minimum absolute atomic E-state index is 0.00676. The van der Waals surface area contributed by atoms with Gasteiger partial charge in [0, 0.05) is 76.1 Å². The maximum Gasteiger partial charge on any atom is 0.396 e. The lowest BCUT2D eigenvalue weighted by molar-refractivity contribution is -0.392. The number of nitro groups is 1. The molecule has 6 N–H and O–H groups in total. The molecule has 0 bridgehead atoms. The van der Waals surface area contributed by atoms with Crippen LogP contribution in [0.15, 0.2) is 82.0 Å². The summed E-state index contributed by atoms with van der Waals surface area (Å²) in [4.78, 5) is 126. The van der Waals surface area contributed by atoms with E-state index in [9.17, 15) is 44.0 Å². The third kappa shape index (κ3) is 13.0. The molecular formula is C46H53N17O11S3. The molecule has 9 heterocycles. The number of nitrogen functional groups attached to an aromatic ring is 1. The molecule has 31 heteroatoms. The van der Waals surface area contributed by atoms with Crippen LogP contribution in [0.2, 0.25) is 0 Å². The van der Waals surface area contributed by atoms with Crippen molar-refractivity contribution < 1.29 is 48.7 Å². The molecule has 1 saturated carbocycles. The Hall–Kier alpha value is -7.90. The van der Waals surface area contributed by atoms with Crippen molar-refractivity contribution in [3.05, 3.63) is 82.6 Å². The fourth-order valence-electron chi connectivity index (χ4n) is 9.32. The molecule has 77 heavy (non-hydrogen) atoms. The highest BCUT2D eigenvalue weighted by Gasteiger charge is 2.54. The van der Waals surface area contributed by atoms with E-state index in [-0.39, 0.29) is 45.3 Å². The number of piperazine rings is 1. The van der Waals surface area contributed by atoms with Crippen LogP contribution in [-0.2, 0) is 40.7 Å². The van der Waals surface area contributed by atoms with Gasteiger partial charge in [-0.05, 0) is 71.0 Å². The van der Waals surface area contributed by atoms with Gasteiger partial charge in [0.2, 0.25) is 30.7 Å². The molecule has 1 aliphatic carbocycles. The lowest BCUT2D eigenvalue weighted by Gasteiger charge is -2.49. The Balaban J connectivity index is 0.000000156. The van der Waals surface area contributed by atoms with E-state index in [0.29, 0.717) is 51.9 Å². The van der Waals surface area contributed by atoms with Crippen molar-refractivity contribution in [3.8, 4) is 0 Å². The Morgan fingerprint density at radius 3 is 2.40 bits per heavy atom. The summed E-state index contributed by atoms with van der Waals surface area (Å²) in [5.41, 5.74) is 6.64. The lowest BCUT2D eigenvalue weighted by Crippen LogP contribution is -2.71.